The maximum Gasteiger partial charge on any atom is 0.410 e. The lowest BCUT2D eigenvalue weighted by molar-refractivity contribution is 0.0184. The largest absolute Gasteiger partial charge is 0.444 e. The van der Waals surface area contributed by atoms with E-state index in [9.17, 15) is 9.90 Å². The predicted molar refractivity (Wildman–Crippen MR) is 62.2 cm³/mol. The second-order valence-electron chi connectivity index (χ2n) is 5.61. The van der Waals surface area contributed by atoms with Gasteiger partial charge in [0, 0.05) is 18.5 Å². The van der Waals surface area contributed by atoms with Gasteiger partial charge in [0.25, 0.3) is 0 Å². The minimum Gasteiger partial charge on any atom is -0.444 e. The molecule has 0 radical (unpaired) electrons. The number of hydrogen-bond donors (Lipinski definition) is 1. The second-order valence-corrected chi connectivity index (χ2v) is 5.61. The van der Waals surface area contributed by atoms with Crippen LogP contribution in [-0.2, 0) is 4.74 Å². The topological polar surface area (TPSA) is 49.8 Å². The summed E-state index contributed by atoms with van der Waals surface area (Å²) in [5.41, 5.74) is -0.459. The van der Waals surface area contributed by atoms with Gasteiger partial charge in [-0.1, -0.05) is 0 Å². The number of ether oxygens (including phenoxy) is 1. The van der Waals surface area contributed by atoms with Crippen LogP contribution < -0.4 is 0 Å². The summed E-state index contributed by atoms with van der Waals surface area (Å²) in [6, 6.07) is 0.0508. The molecule has 1 fully saturated rings. The monoisotopic (exact) mass is 229 g/mol. The van der Waals surface area contributed by atoms with E-state index in [-0.39, 0.29) is 24.2 Å². The molecule has 1 aliphatic heterocycles. The Hall–Kier alpha value is -0.770. The van der Waals surface area contributed by atoms with Crippen molar-refractivity contribution in [3.63, 3.8) is 0 Å². The van der Waals surface area contributed by atoms with Gasteiger partial charge in [-0.2, -0.15) is 0 Å². The standard InChI is InChI=1S/C12H23NO3/c1-8-10(9(2)14)6-7-13(8)11(15)16-12(3,4)5/h8-10,14H,6-7H2,1-5H3. The average molecular weight is 229 g/mol. The quantitative estimate of drug-likeness (QED) is 0.748. The van der Waals surface area contributed by atoms with Crippen molar-refractivity contribution in [2.45, 2.75) is 58.8 Å². The molecule has 0 aromatic rings. The molecule has 1 N–H and O–H groups in total. The van der Waals surface area contributed by atoms with Gasteiger partial charge in [0.2, 0.25) is 0 Å². The highest BCUT2D eigenvalue weighted by molar-refractivity contribution is 5.69. The second kappa shape index (κ2) is 4.62. The van der Waals surface area contributed by atoms with Crippen LogP contribution in [0.2, 0.25) is 0 Å². The van der Waals surface area contributed by atoms with Crippen LogP contribution in [0.4, 0.5) is 4.79 Å². The van der Waals surface area contributed by atoms with Crippen LogP contribution in [-0.4, -0.2) is 40.4 Å². The SMILES string of the molecule is CC(O)C1CCN(C(=O)OC(C)(C)C)C1C. The Bertz CT molecular complexity index is 257. The number of carbonyl (C=O) groups is 1. The van der Waals surface area contributed by atoms with Crippen molar-refractivity contribution in [3.05, 3.63) is 0 Å². The van der Waals surface area contributed by atoms with Gasteiger partial charge in [0.1, 0.15) is 5.60 Å². The number of aliphatic hydroxyl groups excluding tert-OH is 1. The van der Waals surface area contributed by atoms with Crippen LogP contribution in [0.3, 0.4) is 0 Å². The summed E-state index contributed by atoms with van der Waals surface area (Å²) in [5, 5.41) is 9.58. The van der Waals surface area contributed by atoms with Crippen molar-refractivity contribution < 1.29 is 14.6 Å². The Labute approximate surface area is 97.6 Å². The van der Waals surface area contributed by atoms with Gasteiger partial charge >= 0.3 is 6.09 Å². The maximum absolute atomic E-state index is 11.9. The number of rotatable bonds is 1. The summed E-state index contributed by atoms with van der Waals surface area (Å²) in [5.74, 6) is 0.160. The van der Waals surface area contributed by atoms with Gasteiger partial charge in [-0.15, -0.1) is 0 Å². The molecule has 4 nitrogen and oxygen atoms in total. The molecule has 0 saturated carbocycles. The highest BCUT2D eigenvalue weighted by Crippen LogP contribution is 2.28. The van der Waals surface area contributed by atoms with Crippen LogP contribution in [0.5, 0.6) is 0 Å². The number of likely N-dealkylation sites (tertiary alicyclic amines) is 1. The summed E-state index contributed by atoms with van der Waals surface area (Å²) in [4.78, 5) is 13.6. The zero-order valence-corrected chi connectivity index (χ0v) is 10.9. The third kappa shape index (κ3) is 3.11. The molecule has 0 aliphatic carbocycles. The normalized spacial score (nSPS) is 28.0. The smallest absolute Gasteiger partial charge is 0.410 e. The first kappa shape index (κ1) is 13.3. The van der Waals surface area contributed by atoms with Crippen molar-refractivity contribution >= 4 is 6.09 Å². The van der Waals surface area contributed by atoms with E-state index in [1.54, 1.807) is 11.8 Å². The predicted octanol–water partition coefficient (Wildman–Crippen LogP) is 2.01. The fraction of sp³-hybridized carbons (Fsp3) is 0.917. The molecule has 0 spiro atoms. The molecular weight excluding hydrogens is 206 g/mol. The van der Waals surface area contributed by atoms with E-state index in [4.69, 9.17) is 4.74 Å². The maximum atomic E-state index is 11.9. The molecule has 3 unspecified atom stereocenters. The van der Waals surface area contributed by atoms with Gasteiger partial charge < -0.3 is 14.7 Å². The summed E-state index contributed by atoms with van der Waals surface area (Å²) in [6.07, 6.45) is 0.198. The van der Waals surface area contributed by atoms with E-state index in [1.807, 2.05) is 27.7 Å². The average Bonchev–Trinajstić information content (AvgIpc) is 2.43. The first-order chi connectivity index (χ1) is 7.22. The molecule has 1 amide bonds. The van der Waals surface area contributed by atoms with Crippen molar-refractivity contribution in [1.82, 2.24) is 4.90 Å². The zero-order valence-electron chi connectivity index (χ0n) is 10.9. The highest BCUT2D eigenvalue weighted by atomic mass is 16.6. The zero-order chi connectivity index (χ0) is 12.5. The molecule has 1 heterocycles. The molecule has 0 aromatic heterocycles. The molecule has 94 valence electrons. The molecular formula is C12H23NO3. The van der Waals surface area contributed by atoms with Gasteiger partial charge in [0.15, 0.2) is 0 Å². The molecule has 1 saturated heterocycles. The van der Waals surface area contributed by atoms with Crippen LogP contribution >= 0.6 is 0 Å². The lowest BCUT2D eigenvalue weighted by Gasteiger charge is -2.29. The number of hydrogen-bond acceptors (Lipinski definition) is 3. The van der Waals surface area contributed by atoms with E-state index >= 15 is 0 Å². The van der Waals surface area contributed by atoms with Crippen LogP contribution in [0, 0.1) is 5.92 Å². The van der Waals surface area contributed by atoms with Crippen molar-refractivity contribution in [1.29, 1.82) is 0 Å². The van der Waals surface area contributed by atoms with Crippen molar-refractivity contribution in [2.75, 3.05) is 6.54 Å². The van der Waals surface area contributed by atoms with E-state index in [1.165, 1.54) is 0 Å². The Morgan fingerprint density at radius 2 is 2.06 bits per heavy atom. The highest BCUT2D eigenvalue weighted by Gasteiger charge is 2.38. The summed E-state index contributed by atoms with van der Waals surface area (Å²) >= 11 is 0. The Balaban J connectivity index is 2.60. The van der Waals surface area contributed by atoms with E-state index in [2.05, 4.69) is 0 Å². The van der Waals surface area contributed by atoms with Gasteiger partial charge in [-0.05, 0) is 41.0 Å². The molecule has 1 aliphatic rings. The van der Waals surface area contributed by atoms with Crippen molar-refractivity contribution in [3.8, 4) is 0 Å². The lowest BCUT2D eigenvalue weighted by Crippen LogP contribution is -2.41. The molecule has 0 aromatic carbocycles. The van der Waals surface area contributed by atoms with Gasteiger partial charge in [-0.25, -0.2) is 4.79 Å². The number of aliphatic hydroxyl groups is 1. The number of amides is 1. The number of carbonyl (C=O) groups excluding carboxylic acids is 1. The van der Waals surface area contributed by atoms with E-state index in [0.717, 1.165) is 6.42 Å². The van der Waals surface area contributed by atoms with Crippen LogP contribution in [0.15, 0.2) is 0 Å². The Morgan fingerprint density at radius 1 is 1.50 bits per heavy atom. The van der Waals surface area contributed by atoms with Crippen LogP contribution in [0.1, 0.15) is 41.0 Å². The fourth-order valence-electron chi connectivity index (χ4n) is 2.19. The third-order valence-electron chi connectivity index (χ3n) is 3.06. The molecule has 16 heavy (non-hydrogen) atoms. The molecule has 4 heteroatoms. The lowest BCUT2D eigenvalue weighted by atomic mass is 9.96. The first-order valence-corrected chi connectivity index (χ1v) is 5.90. The minimum atomic E-state index is -0.459. The van der Waals surface area contributed by atoms with Crippen LogP contribution in [0.25, 0.3) is 0 Å². The summed E-state index contributed by atoms with van der Waals surface area (Å²) in [6.45, 7) is 9.99. The summed E-state index contributed by atoms with van der Waals surface area (Å²) in [7, 11) is 0. The minimum absolute atomic E-state index is 0.0508. The van der Waals surface area contributed by atoms with Gasteiger partial charge in [0.05, 0.1) is 6.10 Å². The molecule has 3 atom stereocenters. The number of nitrogens with zero attached hydrogens (tertiary/aromatic N) is 1. The third-order valence-corrected chi connectivity index (χ3v) is 3.06. The Morgan fingerprint density at radius 3 is 2.44 bits per heavy atom. The fourth-order valence-corrected chi connectivity index (χ4v) is 2.19. The molecule has 1 rings (SSSR count). The summed E-state index contributed by atoms with van der Waals surface area (Å²) < 4.78 is 5.33. The van der Waals surface area contributed by atoms with Gasteiger partial charge in [-0.3, -0.25) is 0 Å². The molecule has 0 bridgehead atoms. The van der Waals surface area contributed by atoms with E-state index < -0.39 is 5.60 Å². The first-order valence-electron chi connectivity index (χ1n) is 5.90. The van der Waals surface area contributed by atoms with Crippen molar-refractivity contribution in [2.24, 2.45) is 5.92 Å². The van der Waals surface area contributed by atoms with E-state index in [0.29, 0.717) is 6.54 Å². The Kier molecular flexibility index (Phi) is 3.84.